The molecule has 1 unspecified atom stereocenters. The quantitative estimate of drug-likeness (QED) is 0.0363. The van der Waals surface area contributed by atoms with E-state index in [1.165, 1.54) is 0 Å². The molecule has 104 heavy (non-hydrogen) atoms. The number of nitrogens with one attached hydrogen (secondary N) is 5. The highest BCUT2D eigenvalue weighted by molar-refractivity contribution is 5.75. The molecule has 8 aliphatic rings. The number of amides is 5. The van der Waals surface area contributed by atoms with Crippen molar-refractivity contribution < 1.29 is 202 Å². The van der Waals surface area contributed by atoms with Crippen molar-refractivity contribution in [3.63, 3.8) is 0 Å². The maximum absolute atomic E-state index is 13.3. The number of carbonyl (C=O) groups is 5. The molecular formula is C58H97N5O41. The first kappa shape index (κ1) is 85.5. The van der Waals surface area contributed by atoms with E-state index in [-0.39, 0.29) is 0 Å². The highest BCUT2D eigenvalue weighted by Gasteiger charge is 2.60. The van der Waals surface area contributed by atoms with Gasteiger partial charge < -0.3 is 205 Å². The summed E-state index contributed by atoms with van der Waals surface area (Å²) in [5.41, 5.74) is 0. The van der Waals surface area contributed by atoms with Crippen LogP contribution in [0.25, 0.3) is 0 Å². The normalized spacial score (nSPS) is 47.2. The third-order valence-corrected chi connectivity index (χ3v) is 18.6. The molecule has 26 N–H and O–H groups in total. The van der Waals surface area contributed by atoms with Crippen LogP contribution in [0.4, 0.5) is 0 Å². The van der Waals surface area contributed by atoms with E-state index in [1.807, 2.05) is 0 Å². The Balaban J connectivity index is 1.11. The monoisotopic (exact) mass is 1520 g/mol. The van der Waals surface area contributed by atoms with Gasteiger partial charge in [-0.1, -0.05) is 0 Å². The lowest BCUT2D eigenvalue weighted by Crippen LogP contribution is -2.71. The summed E-state index contributed by atoms with van der Waals surface area (Å²) < 4.78 is 88.4. The summed E-state index contributed by atoms with van der Waals surface area (Å²) in [7, 11) is 0. The van der Waals surface area contributed by atoms with Crippen LogP contribution < -0.4 is 26.6 Å². The molecule has 8 aliphatic heterocycles. The second kappa shape index (κ2) is 37.5. The van der Waals surface area contributed by atoms with Crippen LogP contribution in [-0.2, 0) is 95.0 Å². The van der Waals surface area contributed by atoms with E-state index in [0.29, 0.717) is 0 Å². The maximum atomic E-state index is 13.3. The zero-order valence-corrected chi connectivity index (χ0v) is 56.3. The van der Waals surface area contributed by atoms with Crippen LogP contribution in [0.3, 0.4) is 0 Å². The van der Waals surface area contributed by atoms with Crippen molar-refractivity contribution in [1.29, 1.82) is 0 Å². The van der Waals surface area contributed by atoms with Crippen molar-refractivity contribution in [2.24, 2.45) is 0 Å². The lowest BCUT2D eigenvalue weighted by Gasteiger charge is -2.51. The molecule has 0 saturated carbocycles. The van der Waals surface area contributed by atoms with Crippen LogP contribution in [0.2, 0.25) is 0 Å². The molecule has 46 heteroatoms. The molecule has 0 spiro atoms. The zero-order chi connectivity index (χ0) is 76.8. The Hall–Kier alpha value is -4.09. The molecule has 46 nitrogen and oxygen atoms in total. The van der Waals surface area contributed by atoms with E-state index in [2.05, 4.69) is 26.6 Å². The van der Waals surface area contributed by atoms with E-state index in [1.54, 1.807) is 0 Å². The summed E-state index contributed by atoms with van der Waals surface area (Å²) in [5.74, 6) is -4.32. The lowest BCUT2D eigenvalue weighted by atomic mass is 9.93. The van der Waals surface area contributed by atoms with E-state index >= 15 is 0 Å². The molecule has 600 valence electrons. The van der Waals surface area contributed by atoms with Gasteiger partial charge in [-0.2, -0.15) is 0 Å². The molecule has 40 atom stereocenters. The second-order valence-electron chi connectivity index (χ2n) is 26.1. The van der Waals surface area contributed by atoms with Gasteiger partial charge in [-0.15, -0.1) is 0 Å². The summed E-state index contributed by atoms with van der Waals surface area (Å²) in [5, 5.41) is 244. The van der Waals surface area contributed by atoms with Crippen LogP contribution in [0.5, 0.6) is 0 Å². The Morgan fingerprint density at radius 1 is 0.250 bits per heavy atom. The standard InChI is InChI=1S/C58H97N5O41/c1-14(70)59-27-38(81)32(75)19(6-64)93-52(27)90-12-25-34(77)42(85)44(87)57(98-25)103-49-31(63-18(5)74)55(94-22(9-67)36(49)79)104-50-37(80)26(13-91-53-28(60-15(2)71)39(82)46(23(10-68)96-53)100-56-43(86)41(84)33(76)20(7-65)95-56)99-58(45(50)88)101-47-24(11-69)97-54(29(40(47)83)61-16(3)72)102-48-30(62-17(4)73)51(89)92-21(8-66)35(48)78/h19-58,64-69,75-89H,6-13H2,1-5H3,(H,59,70)(H,60,71)(H,61,72)(H,62,73)(H,63,74)/t19-,20-,21-,22-,23-,24-,25-,26-,27-,28-,29-,30-,31-,32+,33+,34+,35+,36-,37+,38-,39-,40-,41+,42+,43-,44-,45-,46-,47-,48-,49-,50+,51?,52+,53-,54+,55+,56+,57+,58+/m1/s1. The summed E-state index contributed by atoms with van der Waals surface area (Å²) in [6, 6.07) is -8.85. The van der Waals surface area contributed by atoms with Crippen LogP contribution in [0, 0.1) is 0 Å². The highest BCUT2D eigenvalue weighted by Crippen LogP contribution is 2.38. The number of carbonyl (C=O) groups excluding carboxylic acids is 5. The predicted molar refractivity (Wildman–Crippen MR) is 322 cm³/mol. The summed E-state index contributed by atoms with van der Waals surface area (Å²) >= 11 is 0. The van der Waals surface area contributed by atoms with Gasteiger partial charge in [-0.25, -0.2) is 0 Å². The van der Waals surface area contributed by atoms with Crippen molar-refractivity contribution in [3.05, 3.63) is 0 Å². The fourth-order valence-corrected chi connectivity index (χ4v) is 13.3. The second-order valence-corrected chi connectivity index (χ2v) is 26.1. The Bertz CT molecular complexity index is 2770. The third kappa shape index (κ3) is 19.4. The van der Waals surface area contributed by atoms with E-state index in [9.17, 15) is 131 Å². The minimum Gasteiger partial charge on any atom is -0.394 e. The van der Waals surface area contributed by atoms with Crippen molar-refractivity contribution in [3.8, 4) is 0 Å². The van der Waals surface area contributed by atoms with Gasteiger partial charge in [0.1, 0.15) is 195 Å². The van der Waals surface area contributed by atoms with Gasteiger partial charge in [0.15, 0.2) is 50.3 Å². The van der Waals surface area contributed by atoms with Crippen molar-refractivity contribution in [2.75, 3.05) is 52.9 Å². The molecule has 0 aromatic rings. The predicted octanol–water partition coefficient (Wildman–Crippen LogP) is -17.7. The minimum atomic E-state index is -2.48. The van der Waals surface area contributed by atoms with E-state index in [4.69, 9.17) is 71.1 Å². The lowest BCUT2D eigenvalue weighted by molar-refractivity contribution is -0.384. The number of hydrogen-bond donors (Lipinski definition) is 26. The summed E-state index contributed by atoms with van der Waals surface area (Å²) in [6.07, 6.45) is -69.8. The molecule has 5 amide bonds. The third-order valence-electron chi connectivity index (χ3n) is 18.6. The van der Waals surface area contributed by atoms with Gasteiger partial charge in [0.25, 0.3) is 0 Å². The van der Waals surface area contributed by atoms with Gasteiger partial charge in [-0.05, 0) is 0 Å². The van der Waals surface area contributed by atoms with Gasteiger partial charge in [0.05, 0.1) is 52.9 Å². The number of aliphatic hydroxyl groups is 21. The van der Waals surface area contributed by atoms with Crippen molar-refractivity contribution >= 4 is 29.5 Å². The average Bonchev–Trinajstić information content (AvgIpc) is 0.773. The number of aliphatic hydroxyl groups excluding tert-OH is 21. The fraction of sp³-hybridized carbons (Fsp3) is 0.914. The molecule has 0 radical (unpaired) electrons. The molecule has 0 bridgehead atoms. The average molecular weight is 1520 g/mol. The summed E-state index contributed by atoms with van der Waals surface area (Å²) in [6.45, 7) is -3.11. The van der Waals surface area contributed by atoms with Crippen LogP contribution >= 0.6 is 0 Å². The number of rotatable bonds is 27. The van der Waals surface area contributed by atoms with Gasteiger partial charge in [0, 0.05) is 34.6 Å². The van der Waals surface area contributed by atoms with Crippen LogP contribution in [-0.4, -0.2) is 435 Å². The SMILES string of the molecule is CC(=O)N[C@H]1[C@H](OC[C@H]2O[C@@H](O[C@H]3[C@H](O)[C@@H](NC(C)=O)[C@H](O[C@H]4[C@@H](O)[C@@H](CO)OC(O)[C@@H]4NC(C)=O)O[C@@H]3CO)[C@H](O)[C@@H](O[C@@H]3O[C@H](CO)[C@@H](O)[C@H](O[C@@H]4O[C@H](CO[C@H]5O[C@H](CO)[C@H](O)[C@H](O)[C@H]5NC(C)=O)[C@H](O)[C@H](O)[C@H]4O)[C@H]3NC(C)=O)[C@H]2O)O[C@H](CO)[C@@H](O[C@@H]2O[C@H](CO)[C@H](O)[C@H](O)[C@H]2O)[C@@H]1O. The topological polar surface area (TPSA) is 709 Å². The Kier molecular flexibility index (Phi) is 30.9. The Morgan fingerprint density at radius 2 is 0.519 bits per heavy atom. The molecule has 0 aromatic carbocycles. The molecule has 0 aromatic heterocycles. The maximum Gasteiger partial charge on any atom is 0.217 e. The van der Waals surface area contributed by atoms with Gasteiger partial charge in [0.2, 0.25) is 29.5 Å². The van der Waals surface area contributed by atoms with Gasteiger partial charge >= 0.3 is 0 Å². The smallest absolute Gasteiger partial charge is 0.217 e. The first-order chi connectivity index (χ1) is 49.1. The zero-order valence-electron chi connectivity index (χ0n) is 56.3. The van der Waals surface area contributed by atoms with E-state index in [0.717, 1.165) is 34.6 Å². The van der Waals surface area contributed by atoms with Gasteiger partial charge in [-0.3, -0.25) is 24.0 Å². The Labute approximate surface area is 589 Å². The highest BCUT2D eigenvalue weighted by atomic mass is 16.8. The number of hydrogen-bond acceptors (Lipinski definition) is 41. The molecular weight excluding hydrogens is 1420 g/mol. The molecule has 8 saturated heterocycles. The van der Waals surface area contributed by atoms with E-state index < -0.39 is 328 Å². The van der Waals surface area contributed by atoms with Crippen LogP contribution in [0.15, 0.2) is 0 Å². The molecule has 8 heterocycles. The first-order valence-corrected chi connectivity index (χ1v) is 33.1. The molecule has 0 aliphatic carbocycles. The minimum absolute atomic E-state index is 0.746. The Morgan fingerprint density at radius 3 is 0.971 bits per heavy atom. The van der Waals surface area contributed by atoms with Crippen LogP contribution in [0.1, 0.15) is 34.6 Å². The fourth-order valence-electron chi connectivity index (χ4n) is 13.3. The van der Waals surface area contributed by atoms with Crippen molar-refractivity contribution in [1.82, 2.24) is 26.6 Å². The largest absolute Gasteiger partial charge is 0.394 e. The van der Waals surface area contributed by atoms with Crippen molar-refractivity contribution in [2.45, 2.75) is 280 Å². The first-order valence-electron chi connectivity index (χ1n) is 33.1. The molecule has 8 rings (SSSR count). The summed E-state index contributed by atoms with van der Waals surface area (Å²) in [4.78, 5) is 63.5. The number of ether oxygens (including phenoxy) is 15. The molecule has 8 fully saturated rings.